The number of amides is 1. The van der Waals surface area contributed by atoms with Crippen molar-refractivity contribution >= 4 is 11.6 Å². The standard InChI is InChI=1S/C24H21F2NO3/c25-17-6-8-19(9-7-17)27-23(15-4-10-20(28)11-5-15)21(24(27)30)12-13-22(29)16-2-1-3-18(26)14-16/h1-11,14,21-23,28-29H,12-13H2. The van der Waals surface area contributed by atoms with E-state index in [0.717, 1.165) is 5.56 Å². The molecule has 0 radical (unpaired) electrons. The Morgan fingerprint density at radius 3 is 2.30 bits per heavy atom. The molecule has 2 N–H and O–H groups in total. The predicted molar refractivity (Wildman–Crippen MR) is 109 cm³/mol. The molecule has 3 aromatic rings. The van der Waals surface area contributed by atoms with Crippen LogP contribution in [0.5, 0.6) is 5.75 Å². The van der Waals surface area contributed by atoms with Crippen LogP contribution in [0.2, 0.25) is 0 Å². The molecule has 0 aliphatic carbocycles. The maximum Gasteiger partial charge on any atom is 0.233 e. The Balaban J connectivity index is 1.56. The first kappa shape index (κ1) is 20.0. The van der Waals surface area contributed by atoms with Crippen LogP contribution in [0.15, 0.2) is 72.8 Å². The number of rotatable bonds is 6. The highest BCUT2D eigenvalue weighted by Gasteiger charge is 2.48. The van der Waals surface area contributed by atoms with Gasteiger partial charge in [0.1, 0.15) is 17.4 Å². The first-order chi connectivity index (χ1) is 14.4. The topological polar surface area (TPSA) is 60.8 Å². The molecule has 154 valence electrons. The van der Waals surface area contributed by atoms with E-state index in [1.54, 1.807) is 47.4 Å². The van der Waals surface area contributed by atoms with E-state index in [2.05, 4.69) is 0 Å². The van der Waals surface area contributed by atoms with E-state index in [9.17, 15) is 23.8 Å². The minimum atomic E-state index is -0.881. The molecule has 3 aromatic carbocycles. The normalized spacial score (nSPS) is 19.4. The van der Waals surface area contributed by atoms with Crippen LogP contribution < -0.4 is 4.90 Å². The summed E-state index contributed by atoms with van der Waals surface area (Å²) in [5.41, 5.74) is 1.89. The number of carbonyl (C=O) groups excluding carboxylic acids is 1. The van der Waals surface area contributed by atoms with Crippen molar-refractivity contribution in [1.82, 2.24) is 0 Å². The fraction of sp³-hybridized carbons (Fsp3) is 0.208. The number of aliphatic hydroxyl groups is 1. The number of benzene rings is 3. The second-order valence-electron chi connectivity index (χ2n) is 7.48. The van der Waals surface area contributed by atoms with Crippen molar-refractivity contribution < 1.29 is 23.8 Å². The Kier molecular flexibility index (Phi) is 5.50. The number of phenols is 1. The van der Waals surface area contributed by atoms with E-state index in [4.69, 9.17) is 0 Å². The van der Waals surface area contributed by atoms with Crippen LogP contribution in [-0.4, -0.2) is 16.1 Å². The van der Waals surface area contributed by atoms with Crippen molar-refractivity contribution in [2.45, 2.75) is 25.0 Å². The minimum absolute atomic E-state index is 0.119. The molecule has 1 heterocycles. The highest BCUT2D eigenvalue weighted by Crippen LogP contribution is 2.46. The number of anilines is 1. The van der Waals surface area contributed by atoms with E-state index < -0.39 is 11.9 Å². The molecule has 4 nitrogen and oxygen atoms in total. The molecule has 1 aliphatic heterocycles. The summed E-state index contributed by atoms with van der Waals surface area (Å²) in [4.78, 5) is 14.5. The van der Waals surface area contributed by atoms with Gasteiger partial charge in [-0.25, -0.2) is 8.78 Å². The number of carbonyl (C=O) groups is 1. The molecule has 1 aliphatic rings. The largest absolute Gasteiger partial charge is 0.508 e. The zero-order valence-corrected chi connectivity index (χ0v) is 16.1. The molecular weight excluding hydrogens is 388 g/mol. The second kappa shape index (κ2) is 8.24. The van der Waals surface area contributed by atoms with Gasteiger partial charge in [0.25, 0.3) is 0 Å². The van der Waals surface area contributed by atoms with Gasteiger partial charge in [-0.3, -0.25) is 4.79 Å². The van der Waals surface area contributed by atoms with Crippen LogP contribution in [0.4, 0.5) is 14.5 Å². The number of hydrogen-bond donors (Lipinski definition) is 2. The molecule has 4 rings (SSSR count). The third kappa shape index (κ3) is 3.91. The molecule has 0 aromatic heterocycles. The SMILES string of the molecule is O=C1C(CCC(O)c2cccc(F)c2)C(c2ccc(O)cc2)N1c1ccc(F)cc1. The number of aliphatic hydroxyl groups excluding tert-OH is 1. The summed E-state index contributed by atoms with van der Waals surface area (Å²) >= 11 is 0. The van der Waals surface area contributed by atoms with Crippen molar-refractivity contribution in [2.75, 3.05) is 4.90 Å². The van der Waals surface area contributed by atoms with Crippen LogP contribution in [0.25, 0.3) is 0 Å². The van der Waals surface area contributed by atoms with Crippen molar-refractivity contribution in [1.29, 1.82) is 0 Å². The third-order valence-corrected chi connectivity index (χ3v) is 5.54. The van der Waals surface area contributed by atoms with Gasteiger partial charge in [0.15, 0.2) is 0 Å². The van der Waals surface area contributed by atoms with Gasteiger partial charge in [0, 0.05) is 5.69 Å². The van der Waals surface area contributed by atoms with E-state index in [1.807, 2.05) is 0 Å². The summed E-state index contributed by atoms with van der Waals surface area (Å²) in [6, 6.07) is 17.8. The van der Waals surface area contributed by atoms with Crippen molar-refractivity contribution in [3.63, 3.8) is 0 Å². The summed E-state index contributed by atoms with van der Waals surface area (Å²) < 4.78 is 26.8. The summed E-state index contributed by atoms with van der Waals surface area (Å²) in [7, 11) is 0. The van der Waals surface area contributed by atoms with Gasteiger partial charge in [0.2, 0.25) is 5.91 Å². The number of nitrogens with zero attached hydrogens (tertiary/aromatic N) is 1. The molecule has 1 fully saturated rings. The van der Waals surface area contributed by atoms with Crippen LogP contribution >= 0.6 is 0 Å². The summed E-state index contributed by atoms with van der Waals surface area (Å²) in [5.74, 6) is -1.19. The maximum atomic E-state index is 13.4. The Morgan fingerprint density at radius 1 is 0.933 bits per heavy atom. The van der Waals surface area contributed by atoms with Gasteiger partial charge in [-0.15, -0.1) is 0 Å². The molecule has 1 amide bonds. The number of halogens is 2. The number of phenolic OH excluding ortho intramolecular Hbond substituents is 1. The fourth-order valence-corrected chi connectivity index (χ4v) is 3.99. The Hall–Kier alpha value is -3.25. The van der Waals surface area contributed by atoms with Gasteiger partial charge >= 0.3 is 0 Å². The van der Waals surface area contributed by atoms with Gasteiger partial charge in [0.05, 0.1) is 18.1 Å². The van der Waals surface area contributed by atoms with E-state index in [-0.39, 0.29) is 29.4 Å². The zero-order valence-electron chi connectivity index (χ0n) is 16.1. The molecule has 0 spiro atoms. The fourth-order valence-electron chi connectivity index (χ4n) is 3.99. The van der Waals surface area contributed by atoms with Crippen LogP contribution in [0, 0.1) is 17.6 Å². The highest BCUT2D eigenvalue weighted by molar-refractivity contribution is 6.03. The smallest absolute Gasteiger partial charge is 0.233 e. The minimum Gasteiger partial charge on any atom is -0.508 e. The molecule has 3 atom stereocenters. The van der Waals surface area contributed by atoms with Gasteiger partial charge in [-0.05, 0) is 72.5 Å². The summed E-state index contributed by atoms with van der Waals surface area (Å²) in [6.07, 6.45) is -0.181. The molecule has 1 saturated heterocycles. The lowest BCUT2D eigenvalue weighted by molar-refractivity contribution is -0.131. The molecule has 30 heavy (non-hydrogen) atoms. The average Bonchev–Trinajstić information content (AvgIpc) is 2.74. The zero-order chi connectivity index (χ0) is 21.3. The average molecular weight is 409 g/mol. The highest BCUT2D eigenvalue weighted by atomic mass is 19.1. The van der Waals surface area contributed by atoms with E-state index in [1.165, 1.54) is 30.3 Å². The van der Waals surface area contributed by atoms with E-state index >= 15 is 0 Å². The number of aromatic hydroxyl groups is 1. The van der Waals surface area contributed by atoms with Crippen molar-refractivity contribution in [3.8, 4) is 5.75 Å². The van der Waals surface area contributed by atoms with Gasteiger partial charge in [-0.1, -0.05) is 24.3 Å². The molecule has 3 unspecified atom stereocenters. The first-order valence-corrected chi connectivity index (χ1v) is 9.75. The third-order valence-electron chi connectivity index (χ3n) is 5.54. The Labute approximate surface area is 173 Å². The molecule has 0 bridgehead atoms. The molecule has 6 heteroatoms. The van der Waals surface area contributed by atoms with Crippen molar-refractivity contribution in [3.05, 3.63) is 95.6 Å². The first-order valence-electron chi connectivity index (χ1n) is 9.75. The lowest BCUT2D eigenvalue weighted by atomic mass is 9.78. The lowest BCUT2D eigenvalue weighted by Gasteiger charge is -2.48. The van der Waals surface area contributed by atoms with Crippen molar-refractivity contribution in [2.24, 2.45) is 5.92 Å². The lowest BCUT2D eigenvalue weighted by Crippen LogP contribution is -2.55. The Bertz CT molecular complexity index is 1040. The second-order valence-corrected chi connectivity index (χ2v) is 7.48. The quantitative estimate of drug-likeness (QED) is 0.570. The van der Waals surface area contributed by atoms with Crippen LogP contribution in [-0.2, 0) is 4.79 Å². The number of β-lactam (4-membered cyclic amide) rings is 1. The summed E-state index contributed by atoms with van der Waals surface area (Å²) in [5, 5.41) is 20.0. The molecular formula is C24H21F2NO3. The predicted octanol–water partition coefficient (Wildman–Crippen LogP) is 4.89. The van der Waals surface area contributed by atoms with E-state index in [0.29, 0.717) is 24.1 Å². The van der Waals surface area contributed by atoms with Crippen LogP contribution in [0.3, 0.4) is 0 Å². The van der Waals surface area contributed by atoms with Gasteiger partial charge < -0.3 is 15.1 Å². The summed E-state index contributed by atoms with van der Waals surface area (Å²) in [6.45, 7) is 0. The van der Waals surface area contributed by atoms with Crippen LogP contribution in [0.1, 0.15) is 36.1 Å². The monoisotopic (exact) mass is 409 g/mol. The van der Waals surface area contributed by atoms with Gasteiger partial charge in [-0.2, -0.15) is 0 Å². The Morgan fingerprint density at radius 2 is 1.63 bits per heavy atom. The maximum absolute atomic E-state index is 13.4. The molecule has 0 saturated carbocycles. The number of hydrogen-bond acceptors (Lipinski definition) is 3.